The molecule has 1 aliphatic rings. The number of benzene rings is 1. The number of nitro groups is 1. The first-order valence-electron chi connectivity index (χ1n) is 7.23. The van der Waals surface area contributed by atoms with Gasteiger partial charge in [-0.05, 0) is 18.1 Å². The molecule has 0 radical (unpaired) electrons. The van der Waals surface area contributed by atoms with E-state index in [-0.39, 0.29) is 31.2 Å². The second-order valence-electron chi connectivity index (χ2n) is 5.42. The van der Waals surface area contributed by atoms with Gasteiger partial charge in [0.25, 0.3) is 0 Å². The fraction of sp³-hybridized carbons (Fsp3) is 0.571. The van der Waals surface area contributed by atoms with E-state index in [9.17, 15) is 27.7 Å². The third kappa shape index (κ3) is 6.93. The average Bonchev–Trinajstić information content (AvgIpc) is 2.48. The normalized spacial score (nSPS) is 16.5. The molecule has 0 bridgehead atoms. The zero-order valence-electron chi connectivity index (χ0n) is 13.1. The van der Waals surface area contributed by atoms with Crippen molar-refractivity contribution in [1.29, 1.82) is 0 Å². The van der Waals surface area contributed by atoms with Crippen LogP contribution in [0, 0.1) is 15.9 Å². The molecule has 0 saturated carbocycles. The number of halogens is 6. The van der Waals surface area contributed by atoms with Crippen molar-refractivity contribution in [2.45, 2.75) is 25.1 Å². The minimum absolute atomic E-state index is 0. The fourth-order valence-electron chi connectivity index (χ4n) is 2.73. The topological polar surface area (TPSA) is 58.4 Å². The first-order valence-corrected chi connectivity index (χ1v) is 7.23. The lowest BCUT2D eigenvalue weighted by Crippen LogP contribution is -2.45. The lowest BCUT2D eigenvalue weighted by Gasteiger charge is -2.35. The highest BCUT2D eigenvalue weighted by atomic mass is 35.5. The Morgan fingerprint density at radius 2 is 1.84 bits per heavy atom. The van der Waals surface area contributed by atoms with Gasteiger partial charge in [0, 0.05) is 44.7 Å². The third-order valence-corrected chi connectivity index (χ3v) is 3.85. The molecule has 0 spiro atoms. The van der Waals surface area contributed by atoms with Gasteiger partial charge in [0.1, 0.15) is 0 Å². The lowest BCUT2D eigenvalue weighted by atomic mass is 9.98. The molecule has 0 unspecified atom stereocenters. The molecule has 1 fully saturated rings. The van der Waals surface area contributed by atoms with E-state index in [1.807, 2.05) is 4.90 Å². The number of nitrogens with one attached hydrogen (secondary N) is 1. The summed E-state index contributed by atoms with van der Waals surface area (Å²) in [4.78, 5) is 11.8. The van der Waals surface area contributed by atoms with E-state index in [4.69, 9.17) is 0 Å². The van der Waals surface area contributed by atoms with E-state index < -0.39 is 35.1 Å². The van der Waals surface area contributed by atoms with Gasteiger partial charge in [-0.2, -0.15) is 17.6 Å². The van der Waals surface area contributed by atoms with Gasteiger partial charge < -0.3 is 5.32 Å². The van der Waals surface area contributed by atoms with Gasteiger partial charge in [0.05, 0.1) is 4.92 Å². The van der Waals surface area contributed by atoms with Crippen LogP contribution in [0.1, 0.15) is 24.4 Å². The second kappa shape index (κ2) is 10.1. The van der Waals surface area contributed by atoms with E-state index in [0.29, 0.717) is 31.7 Å². The molecule has 1 N–H and O–H groups in total. The monoisotopic (exact) mass is 407 g/mol. The summed E-state index contributed by atoms with van der Waals surface area (Å²) in [5.41, 5.74) is -0.376. The van der Waals surface area contributed by atoms with Gasteiger partial charge in [-0.15, -0.1) is 24.8 Å². The van der Waals surface area contributed by atoms with Crippen LogP contribution in [0.5, 0.6) is 0 Å². The molecule has 1 atom stereocenters. The lowest BCUT2D eigenvalue weighted by molar-refractivity contribution is -0.387. The minimum Gasteiger partial charge on any atom is -0.314 e. The maximum Gasteiger partial charge on any atom is 0.389 e. The quantitative estimate of drug-likeness (QED) is 0.457. The Bertz CT molecular complexity index is 569. The van der Waals surface area contributed by atoms with Crippen LogP contribution in [0.2, 0.25) is 0 Å². The smallest absolute Gasteiger partial charge is 0.314 e. The standard InChI is InChI=1S/C14H17F4N3O2.2ClH/c15-11-2-1-10(9-13(11)21(22)23)12(3-4-14(16,17)18)20-7-5-19-6-8-20;;/h1-2,9,12,19H,3-8H2;2*1H/t12-;;/m1../s1. The molecule has 1 aromatic rings. The molecule has 144 valence electrons. The largest absolute Gasteiger partial charge is 0.389 e. The van der Waals surface area contributed by atoms with Crippen LogP contribution in [-0.4, -0.2) is 42.2 Å². The SMILES string of the molecule is Cl.Cl.O=[N+]([O-])c1cc([C@@H](CCC(F)(F)F)N2CCNCC2)ccc1F. The highest BCUT2D eigenvalue weighted by Crippen LogP contribution is 2.33. The molecule has 0 aliphatic carbocycles. The number of alkyl halides is 3. The highest BCUT2D eigenvalue weighted by Gasteiger charge is 2.32. The molecular weight excluding hydrogens is 389 g/mol. The molecule has 1 heterocycles. The maximum atomic E-state index is 13.5. The molecule has 0 aromatic heterocycles. The van der Waals surface area contributed by atoms with Crippen molar-refractivity contribution in [2.75, 3.05) is 26.2 Å². The van der Waals surface area contributed by atoms with Gasteiger partial charge in [-0.25, -0.2) is 0 Å². The van der Waals surface area contributed by atoms with Gasteiger partial charge in [0.15, 0.2) is 0 Å². The predicted molar refractivity (Wildman–Crippen MR) is 90.0 cm³/mol. The molecule has 0 amide bonds. The molecule has 1 saturated heterocycles. The molecule has 25 heavy (non-hydrogen) atoms. The zero-order valence-corrected chi connectivity index (χ0v) is 14.7. The summed E-state index contributed by atoms with van der Waals surface area (Å²) in [6.07, 6.45) is -5.52. The van der Waals surface area contributed by atoms with Crippen molar-refractivity contribution >= 4 is 30.5 Å². The summed E-state index contributed by atoms with van der Waals surface area (Å²) in [5, 5.41) is 14.0. The zero-order chi connectivity index (χ0) is 17.0. The molecule has 1 aromatic carbocycles. The van der Waals surface area contributed by atoms with Crippen molar-refractivity contribution in [3.05, 3.63) is 39.7 Å². The van der Waals surface area contributed by atoms with E-state index >= 15 is 0 Å². The Hall–Kier alpha value is -1.16. The average molecular weight is 408 g/mol. The Morgan fingerprint density at radius 1 is 1.24 bits per heavy atom. The number of hydrogen-bond donors (Lipinski definition) is 1. The van der Waals surface area contributed by atoms with Crippen LogP contribution in [0.25, 0.3) is 0 Å². The number of rotatable bonds is 5. The first kappa shape index (κ1) is 23.8. The van der Waals surface area contributed by atoms with Crippen LogP contribution < -0.4 is 5.32 Å². The van der Waals surface area contributed by atoms with E-state index in [1.54, 1.807) is 0 Å². The summed E-state index contributed by atoms with van der Waals surface area (Å²) in [5.74, 6) is -0.992. The predicted octanol–water partition coefficient (Wildman–Crippen LogP) is 3.87. The molecular formula is C14H19Cl2F4N3O2. The van der Waals surface area contributed by atoms with Gasteiger partial charge in [-0.1, -0.05) is 6.07 Å². The number of nitrogens with zero attached hydrogens (tertiary/aromatic N) is 2. The maximum absolute atomic E-state index is 13.5. The summed E-state index contributed by atoms with van der Waals surface area (Å²) < 4.78 is 51.2. The highest BCUT2D eigenvalue weighted by molar-refractivity contribution is 5.85. The van der Waals surface area contributed by atoms with Crippen LogP contribution in [0.3, 0.4) is 0 Å². The molecule has 1 aliphatic heterocycles. The summed E-state index contributed by atoms with van der Waals surface area (Å²) in [6, 6.07) is 2.68. The van der Waals surface area contributed by atoms with Crippen molar-refractivity contribution in [2.24, 2.45) is 0 Å². The van der Waals surface area contributed by atoms with Crippen molar-refractivity contribution < 1.29 is 22.5 Å². The van der Waals surface area contributed by atoms with Crippen LogP contribution in [-0.2, 0) is 0 Å². The van der Waals surface area contributed by atoms with E-state index in [2.05, 4.69) is 5.32 Å². The Balaban J connectivity index is 0.00000288. The fourth-order valence-corrected chi connectivity index (χ4v) is 2.73. The molecule has 5 nitrogen and oxygen atoms in total. The minimum atomic E-state index is -4.31. The van der Waals surface area contributed by atoms with Gasteiger partial charge in [-0.3, -0.25) is 15.0 Å². The van der Waals surface area contributed by atoms with E-state index in [1.165, 1.54) is 6.07 Å². The Labute approximate surface area is 154 Å². The van der Waals surface area contributed by atoms with Crippen LogP contribution in [0.15, 0.2) is 18.2 Å². The molecule has 2 rings (SSSR count). The summed E-state index contributed by atoms with van der Waals surface area (Å²) in [6.45, 7) is 2.33. The van der Waals surface area contributed by atoms with Crippen molar-refractivity contribution in [3.8, 4) is 0 Å². The van der Waals surface area contributed by atoms with Gasteiger partial charge >= 0.3 is 11.9 Å². The summed E-state index contributed by atoms with van der Waals surface area (Å²) >= 11 is 0. The second-order valence-corrected chi connectivity index (χ2v) is 5.42. The number of hydrogen-bond acceptors (Lipinski definition) is 4. The van der Waals surface area contributed by atoms with Crippen LogP contribution in [0.4, 0.5) is 23.2 Å². The van der Waals surface area contributed by atoms with Crippen molar-refractivity contribution in [3.63, 3.8) is 0 Å². The van der Waals surface area contributed by atoms with Gasteiger partial charge in [0.2, 0.25) is 5.82 Å². The van der Waals surface area contributed by atoms with Crippen LogP contribution >= 0.6 is 24.8 Å². The third-order valence-electron chi connectivity index (χ3n) is 3.85. The number of piperazine rings is 1. The number of nitro benzene ring substituents is 1. The Morgan fingerprint density at radius 3 is 2.36 bits per heavy atom. The summed E-state index contributed by atoms with van der Waals surface area (Å²) in [7, 11) is 0. The molecule has 11 heteroatoms. The van der Waals surface area contributed by atoms with Crippen molar-refractivity contribution in [1.82, 2.24) is 10.2 Å². The first-order chi connectivity index (χ1) is 10.8. The van der Waals surface area contributed by atoms with E-state index in [0.717, 1.165) is 12.1 Å². The Kier molecular flexibility index (Phi) is 9.63.